The summed E-state index contributed by atoms with van der Waals surface area (Å²) in [5.41, 5.74) is 3.03. The van der Waals surface area contributed by atoms with Crippen molar-refractivity contribution >= 4 is 5.91 Å². The van der Waals surface area contributed by atoms with Crippen LogP contribution in [0.2, 0.25) is 0 Å². The van der Waals surface area contributed by atoms with Gasteiger partial charge in [0.1, 0.15) is 5.76 Å². The quantitative estimate of drug-likeness (QED) is 0.0379. The minimum Gasteiger partial charge on any atom is -0.498 e. The molecule has 0 aromatic carbocycles. The van der Waals surface area contributed by atoms with E-state index in [0.29, 0.717) is 0 Å². The van der Waals surface area contributed by atoms with Gasteiger partial charge in [-0.3, -0.25) is 4.79 Å². The van der Waals surface area contributed by atoms with Gasteiger partial charge in [-0.2, -0.15) is 0 Å². The molecular formula is C52H100N2O3. The SMILES string of the molecule is C=C=C(CCCCCCCN(CCCCCCC/C(=C\C)OCCC(CCCC)CCCC)CCCNC(=O)C1(C)CC1)OCCC(CCCCC)CCCCC.[HH]. The molecule has 0 aromatic heterocycles. The predicted molar refractivity (Wildman–Crippen MR) is 251 cm³/mol. The van der Waals surface area contributed by atoms with Crippen LogP contribution >= 0.6 is 0 Å². The van der Waals surface area contributed by atoms with Crippen LogP contribution < -0.4 is 5.32 Å². The van der Waals surface area contributed by atoms with E-state index in [2.05, 4.69) is 70.1 Å². The van der Waals surface area contributed by atoms with Crippen LogP contribution in [-0.4, -0.2) is 50.2 Å². The molecule has 0 aromatic rings. The van der Waals surface area contributed by atoms with Crippen LogP contribution in [0, 0.1) is 17.3 Å². The minimum atomic E-state index is -0.0791. The molecule has 0 aliphatic heterocycles. The Morgan fingerprint density at radius 2 is 1.12 bits per heavy atom. The number of nitrogens with zero attached hydrogens (tertiary/aromatic N) is 1. The number of carbonyl (C=O) groups is 1. The molecule has 0 bridgehead atoms. The van der Waals surface area contributed by atoms with E-state index in [4.69, 9.17) is 9.47 Å². The molecule has 1 N–H and O–H groups in total. The van der Waals surface area contributed by atoms with Gasteiger partial charge in [0.25, 0.3) is 0 Å². The molecule has 5 heteroatoms. The number of hydrogen-bond acceptors (Lipinski definition) is 4. The topological polar surface area (TPSA) is 50.8 Å². The summed E-state index contributed by atoms with van der Waals surface area (Å²) in [5, 5.41) is 3.22. The van der Waals surface area contributed by atoms with Crippen LogP contribution in [-0.2, 0) is 14.3 Å². The molecule has 336 valence electrons. The highest BCUT2D eigenvalue weighted by atomic mass is 16.5. The van der Waals surface area contributed by atoms with Crippen molar-refractivity contribution in [1.82, 2.24) is 10.2 Å². The van der Waals surface area contributed by atoms with Crippen LogP contribution in [0.1, 0.15) is 242 Å². The third kappa shape index (κ3) is 30.0. The van der Waals surface area contributed by atoms with Crippen molar-refractivity contribution in [3.05, 3.63) is 29.9 Å². The number of ether oxygens (including phenoxy) is 2. The van der Waals surface area contributed by atoms with Gasteiger partial charge in [-0.1, -0.05) is 175 Å². The molecule has 0 saturated heterocycles. The summed E-state index contributed by atoms with van der Waals surface area (Å²) in [6, 6.07) is 0. The summed E-state index contributed by atoms with van der Waals surface area (Å²) < 4.78 is 12.5. The minimum absolute atomic E-state index is 0. The highest BCUT2D eigenvalue weighted by molar-refractivity contribution is 5.84. The van der Waals surface area contributed by atoms with Gasteiger partial charge >= 0.3 is 0 Å². The molecule has 0 spiro atoms. The second-order valence-corrected chi connectivity index (χ2v) is 18.2. The van der Waals surface area contributed by atoms with Crippen molar-refractivity contribution < 1.29 is 15.7 Å². The Hall–Kier alpha value is -1.71. The zero-order valence-corrected chi connectivity index (χ0v) is 39.3. The first kappa shape index (κ1) is 53.3. The fraction of sp³-hybridized carbons (Fsp3) is 0.885. The van der Waals surface area contributed by atoms with E-state index in [1.807, 2.05) is 0 Å². The second-order valence-electron chi connectivity index (χ2n) is 18.2. The number of amides is 1. The summed E-state index contributed by atoms with van der Waals surface area (Å²) in [5.74, 6) is 4.08. The van der Waals surface area contributed by atoms with Crippen LogP contribution in [0.4, 0.5) is 0 Å². The third-order valence-corrected chi connectivity index (χ3v) is 12.8. The summed E-state index contributed by atoms with van der Waals surface area (Å²) in [4.78, 5) is 15.1. The van der Waals surface area contributed by atoms with Gasteiger partial charge in [-0.15, -0.1) is 0 Å². The molecule has 1 aliphatic carbocycles. The summed E-state index contributed by atoms with van der Waals surface area (Å²) in [7, 11) is 0. The predicted octanol–water partition coefficient (Wildman–Crippen LogP) is 15.7. The largest absolute Gasteiger partial charge is 0.498 e. The van der Waals surface area contributed by atoms with E-state index in [9.17, 15) is 4.79 Å². The van der Waals surface area contributed by atoms with Crippen molar-refractivity contribution in [2.45, 2.75) is 241 Å². The molecule has 0 heterocycles. The molecule has 1 aliphatic rings. The van der Waals surface area contributed by atoms with Crippen LogP contribution in [0.3, 0.4) is 0 Å². The van der Waals surface area contributed by atoms with E-state index in [0.717, 1.165) is 82.4 Å². The highest BCUT2D eigenvalue weighted by Gasteiger charge is 2.44. The third-order valence-electron chi connectivity index (χ3n) is 12.8. The number of carbonyl (C=O) groups excluding carboxylic acids is 1. The molecule has 1 rings (SSSR count). The molecule has 0 unspecified atom stereocenters. The Kier molecular flexibility index (Phi) is 34.9. The lowest BCUT2D eigenvalue weighted by Crippen LogP contribution is -2.34. The van der Waals surface area contributed by atoms with Gasteiger partial charge in [0, 0.05) is 26.2 Å². The van der Waals surface area contributed by atoms with Gasteiger partial charge in [0.05, 0.1) is 19.0 Å². The average Bonchev–Trinajstić information content (AvgIpc) is 3.98. The summed E-state index contributed by atoms with van der Waals surface area (Å²) in [6.07, 6.45) is 41.2. The van der Waals surface area contributed by atoms with Crippen molar-refractivity contribution in [3.8, 4) is 0 Å². The lowest BCUT2D eigenvalue weighted by Gasteiger charge is -2.23. The highest BCUT2D eigenvalue weighted by Crippen LogP contribution is 2.44. The summed E-state index contributed by atoms with van der Waals surface area (Å²) in [6.45, 7) is 23.3. The molecule has 1 saturated carbocycles. The van der Waals surface area contributed by atoms with Crippen LogP contribution in [0.25, 0.3) is 0 Å². The fourth-order valence-electron chi connectivity index (χ4n) is 8.22. The Morgan fingerprint density at radius 3 is 1.63 bits per heavy atom. The first-order valence-corrected chi connectivity index (χ1v) is 25.2. The van der Waals surface area contributed by atoms with Gasteiger partial charge in [0.2, 0.25) is 5.91 Å². The van der Waals surface area contributed by atoms with Gasteiger partial charge in [-0.25, -0.2) is 0 Å². The molecule has 57 heavy (non-hydrogen) atoms. The Balaban J connectivity index is 0.0000325. The normalized spacial score (nSPS) is 13.7. The first-order chi connectivity index (χ1) is 27.8. The van der Waals surface area contributed by atoms with Crippen molar-refractivity contribution in [2.24, 2.45) is 17.3 Å². The maximum Gasteiger partial charge on any atom is 0.225 e. The van der Waals surface area contributed by atoms with Gasteiger partial charge in [-0.05, 0) is 102 Å². The number of allylic oxidation sites excluding steroid dienone is 3. The van der Waals surface area contributed by atoms with E-state index in [-0.39, 0.29) is 12.7 Å². The summed E-state index contributed by atoms with van der Waals surface area (Å²) >= 11 is 0. The lowest BCUT2D eigenvalue weighted by molar-refractivity contribution is -0.125. The van der Waals surface area contributed by atoms with E-state index in [1.165, 1.54) is 179 Å². The van der Waals surface area contributed by atoms with E-state index < -0.39 is 0 Å². The van der Waals surface area contributed by atoms with Crippen LogP contribution in [0.5, 0.6) is 0 Å². The second kappa shape index (κ2) is 37.3. The monoisotopic (exact) mass is 801 g/mol. The molecule has 1 amide bonds. The Bertz CT molecular complexity index is 1000. The Morgan fingerprint density at radius 1 is 0.649 bits per heavy atom. The molecule has 5 nitrogen and oxygen atoms in total. The maximum atomic E-state index is 12.5. The average molecular weight is 801 g/mol. The van der Waals surface area contributed by atoms with Crippen molar-refractivity contribution in [3.63, 3.8) is 0 Å². The number of nitrogens with one attached hydrogen (secondary N) is 1. The lowest BCUT2D eigenvalue weighted by atomic mass is 9.92. The fourth-order valence-corrected chi connectivity index (χ4v) is 8.22. The molecular weight excluding hydrogens is 701 g/mol. The number of hydrogen-bond donors (Lipinski definition) is 1. The van der Waals surface area contributed by atoms with E-state index in [1.54, 1.807) is 0 Å². The van der Waals surface area contributed by atoms with E-state index >= 15 is 0 Å². The zero-order chi connectivity index (χ0) is 41.7. The van der Waals surface area contributed by atoms with Crippen LogP contribution in [0.15, 0.2) is 29.9 Å². The first-order valence-electron chi connectivity index (χ1n) is 25.2. The maximum absolute atomic E-state index is 12.5. The zero-order valence-electron chi connectivity index (χ0n) is 39.3. The standard InChI is InChI=1S/C52H98N2O3.H2/c1-8-14-24-33-48(34-25-15-9-2)38-46-57-50(13-6)36-27-21-19-23-29-43-54(44-30-41-53-51(55)52(7)39-40-52)42-28-22-18-20-26-35-49(12-5)56-45-37-47(31-16-10-3)32-17-11-4;/h12,47-48H,6,8-11,14-46H2,1-5,7H3,(H,53,55);1H/b49-12+;. The number of rotatable bonds is 43. The molecule has 0 atom stereocenters. The molecule has 0 radical (unpaired) electrons. The smallest absolute Gasteiger partial charge is 0.225 e. The van der Waals surface area contributed by atoms with Crippen molar-refractivity contribution in [2.75, 3.05) is 39.4 Å². The van der Waals surface area contributed by atoms with Gasteiger partial charge in [0.15, 0.2) is 0 Å². The van der Waals surface area contributed by atoms with Gasteiger partial charge < -0.3 is 19.7 Å². The Labute approximate surface area is 357 Å². The molecule has 1 fully saturated rings. The van der Waals surface area contributed by atoms with Crippen molar-refractivity contribution in [1.29, 1.82) is 0 Å². The number of unbranched alkanes of at least 4 members (excludes halogenated alkanes) is 14.